The standard InChI is InChI=1S/C30H39N7OS/c1-17(2)38-26-15-21(23-9-7-8-12-31-23)20(6)14-24(26)34-30-35-28(22-16-32-37-29(22)36-30)33-25-13-19(5)10-11-27(25)39-18(3)4/h10-11,13-18,23,31H,7-9,12H2,1-6H3,(H3,32,33,34,35,36,37). The molecule has 1 aliphatic heterocycles. The summed E-state index contributed by atoms with van der Waals surface area (Å²) in [6.45, 7) is 13.8. The van der Waals surface area contributed by atoms with Crippen LogP contribution in [0.15, 0.2) is 41.4 Å². The average Bonchev–Trinajstić information content (AvgIpc) is 3.36. The molecule has 9 heteroatoms. The molecule has 1 fully saturated rings. The molecule has 39 heavy (non-hydrogen) atoms. The zero-order valence-corrected chi connectivity index (χ0v) is 24.5. The summed E-state index contributed by atoms with van der Waals surface area (Å²) in [7, 11) is 0. The second-order valence-electron chi connectivity index (χ2n) is 10.8. The predicted molar refractivity (Wildman–Crippen MR) is 162 cm³/mol. The van der Waals surface area contributed by atoms with E-state index in [-0.39, 0.29) is 6.10 Å². The van der Waals surface area contributed by atoms with Crippen molar-refractivity contribution >= 4 is 45.9 Å². The summed E-state index contributed by atoms with van der Waals surface area (Å²) < 4.78 is 6.28. The van der Waals surface area contributed by atoms with Crippen molar-refractivity contribution in [3.05, 3.63) is 53.2 Å². The lowest BCUT2D eigenvalue weighted by Crippen LogP contribution is -2.27. The van der Waals surface area contributed by atoms with Gasteiger partial charge in [0.05, 0.1) is 29.1 Å². The van der Waals surface area contributed by atoms with Crippen LogP contribution in [0, 0.1) is 13.8 Å². The molecule has 3 heterocycles. The third kappa shape index (κ3) is 6.47. The fourth-order valence-corrected chi connectivity index (χ4v) is 5.87. The minimum absolute atomic E-state index is 0.0341. The van der Waals surface area contributed by atoms with Gasteiger partial charge >= 0.3 is 0 Å². The number of fused-ring (bicyclic) bond motifs is 1. The minimum atomic E-state index is 0.0341. The highest BCUT2D eigenvalue weighted by molar-refractivity contribution is 8.00. The van der Waals surface area contributed by atoms with Gasteiger partial charge in [0, 0.05) is 16.2 Å². The molecule has 5 rings (SSSR count). The quantitative estimate of drug-likeness (QED) is 0.160. The molecule has 0 amide bonds. The van der Waals surface area contributed by atoms with Crippen LogP contribution in [-0.2, 0) is 0 Å². The van der Waals surface area contributed by atoms with Crippen LogP contribution in [-0.4, -0.2) is 38.1 Å². The summed E-state index contributed by atoms with van der Waals surface area (Å²) in [4.78, 5) is 10.8. The maximum Gasteiger partial charge on any atom is 0.231 e. The molecule has 8 nitrogen and oxygen atoms in total. The Morgan fingerprint density at radius 3 is 2.59 bits per heavy atom. The lowest BCUT2D eigenvalue weighted by molar-refractivity contribution is 0.243. The van der Waals surface area contributed by atoms with Crippen LogP contribution in [0.25, 0.3) is 11.0 Å². The number of rotatable bonds is 9. The molecular weight excluding hydrogens is 506 g/mol. The van der Waals surface area contributed by atoms with Gasteiger partial charge in [0.15, 0.2) is 5.65 Å². The second-order valence-corrected chi connectivity index (χ2v) is 12.4. The topological polar surface area (TPSA) is 99.8 Å². The molecule has 0 spiro atoms. The minimum Gasteiger partial charge on any atom is -0.489 e. The zero-order chi connectivity index (χ0) is 27.5. The number of hydrogen-bond acceptors (Lipinski definition) is 8. The van der Waals surface area contributed by atoms with Gasteiger partial charge in [0.25, 0.3) is 0 Å². The first kappa shape index (κ1) is 27.3. The Morgan fingerprint density at radius 2 is 1.85 bits per heavy atom. The van der Waals surface area contributed by atoms with Crippen LogP contribution in [0.3, 0.4) is 0 Å². The van der Waals surface area contributed by atoms with Gasteiger partial charge in [0.1, 0.15) is 11.6 Å². The molecule has 1 atom stereocenters. The van der Waals surface area contributed by atoms with Crippen molar-refractivity contribution in [2.45, 2.75) is 83.1 Å². The van der Waals surface area contributed by atoms with Crippen LogP contribution < -0.4 is 20.7 Å². The van der Waals surface area contributed by atoms with Crippen molar-refractivity contribution in [1.82, 2.24) is 25.5 Å². The Hall–Kier alpha value is -3.30. The highest BCUT2D eigenvalue weighted by atomic mass is 32.2. The van der Waals surface area contributed by atoms with E-state index in [1.54, 1.807) is 6.20 Å². The van der Waals surface area contributed by atoms with Crippen molar-refractivity contribution in [3.63, 3.8) is 0 Å². The van der Waals surface area contributed by atoms with Crippen LogP contribution >= 0.6 is 11.8 Å². The Kier molecular flexibility index (Phi) is 8.28. The first-order chi connectivity index (χ1) is 18.8. The lowest BCUT2D eigenvalue weighted by atomic mass is 9.93. The molecule has 1 aliphatic rings. The number of aromatic amines is 1. The summed E-state index contributed by atoms with van der Waals surface area (Å²) in [6, 6.07) is 11.1. The molecule has 1 unspecified atom stereocenters. The smallest absolute Gasteiger partial charge is 0.231 e. The normalized spacial score (nSPS) is 15.7. The van der Waals surface area contributed by atoms with E-state index in [1.165, 1.54) is 34.4 Å². The molecule has 0 aliphatic carbocycles. The Labute approximate surface area is 235 Å². The molecule has 0 radical (unpaired) electrons. The first-order valence-corrected chi connectivity index (χ1v) is 14.7. The van der Waals surface area contributed by atoms with E-state index in [2.05, 4.69) is 84.2 Å². The molecule has 1 saturated heterocycles. The number of thioether (sulfide) groups is 1. The molecule has 2 aromatic carbocycles. The van der Waals surface area contributed by atoms with Gasteiger partial charge in [-0.25, -0.2) is 0 Å². The number of anilines is 4. The second kappa shape index (κ2) is 11.8. The maximum absolute atomic E-state index is 6.28. The number of nitrogens with zero attached hydrogens (tertiary/aromatic N) is 3. The third-order valence-electron chi connectivity index (χ3n) is 6.72. The van der Waals surface area contributed by atoms with E-state index in [0.29, 0.717) is 28.7 Å². The maximum atomic E-state index is 6.28. The Bertz CT molecular complexity index is 1440. The Morgan fingerprint density at radius 1 is 1.00 bits per heavy atom. The number of H-pyrrole nitrogens is 1. The highest BCUT2D eigenvalue weighted by Gasteiger charge is 2.21. The summed E-state index contributed by atoms with van der Waals surface area (Å²) in [5.74, 6) is 1.96. The van der Waals surface area contributed by atoms with Gasteiger partial charge in [-0.1, -0.05) is 26.3 Å². The predicted octanol–water partition coefficient (Wildman–Crippen LogP) is 7.56. The van der Waals surface area contributed by atoms with Crippen molar-refractivity contribution < 1.29 is 4.74 Å². The zero-order valence-electron chi connectivity index (χ0n) is 23.7. The molecule has 206 valence electrons. The number of nitrogens with one attached hydrogen (secondary N) is 4. The van der Waals surface area contributed by atoms with Crippen molar-refractivity contribution in [1.29, 1.82) is 0 Å². The molecular formula is C30H39N7OS. The first-order valence-electron chi connectivity index (χ1n) is 13.8. The molecule has 4 N–H and O–H groups in total. The summed E-state index contributed by atoms with van der Waals surface area (Å²) >= 11 is 1.82. The van der Waals surface area contributed by atoms with Gasteiger partial charge in [-0.3, -0.25) is 5.10 Å². The van der Waals surface area contributed by atoms with Crippen molar-refractivity contribution in [2.75, 3.05) is 17.2 Å². The van der Waals surface area contributed by atoms with Crippen LogP contribution in [0.5, 0.6) is 5.75 Å². The fourth-order valence-electron chi connectivity index (χ4n) is 4.98. The molecule has 0 bridgehead atoms. The number of aryl methyl sites for hydroxylation is 2. The number of hydrogen-bond donors (Lipinski definition) is 4. The fraction of sp³-hybridized carbons (Fsp3) is 0.433. The highest BCUT2D eigenvalue weighted by Crippen LogP contribution is 2.37. The molecule has 2 aromatic heterocycles. The van der Waals surface area contributed by atoms with Crippen molar-refractivity contribution in [3.8, 4) is 5.75 Å². The summed E-state index contributed by atoms with van der Waals surface area (Å²) in [6.07, 6.45) is 5.40. The van der Waals surface area contributed by atoms with Gasteiger partial charge in [-0.15, -0.1) is 11.8 Å². The third-order valence-corrected chi connectivity index (χ3v) is 7.81. The Balaban J connectivity index is 1.51. The van der Waals surface area contributed by atoms with E-state index in [1.807, 2.05) is 25.6 Å². The van der Waals surface area contributed by atoms with Gasteiger partial charge in [0.2, 0.25) is 5.95 Å². The van der Waals surface area contributed by atoms with E-state index in [4.69, 9.17) is 14.7 Å². The van der Waals surface area contributed by atoms with Gasteiger partial charge in [-0.2, -0.15) is 15.1 Å². The van der Waals surface area contributed by atoms with Crippen LogP contribution in [0.2, 0.25) is 0 Å². The summed E-state index contributed by atoms with van der Waals surface area (Å²) in [5.41, 5.74) is 6.20. The van der Waals surface area contributed by atoms with E-state index in [0.717, 1.165) is 35.5 Å². The number of aromatic nitrogens is 4. The van der Waals surface area contributed by atoms with Gasteiger partial charge in [-0.05, 0) is 88.0 Å². The van der Waals surface area contributed by atoms with Crippen LogP contribution in [0.1, 0.15) is 69.7 Å². The van der Waals surface area contributed by atoms with E-state index < -0.39 is 0 Å². The monoisotopic (exact) mass is 545 g/mol. The summed E-state index contributed by atoms with van der Waals surface area (Å²) in [5, 5.41) is 19.2. The number of ether oxygens (including phenoxy) is 1. The number of piperidine rings is 1. The SMILES string of the molecule is Cc1ccc(SC(C)C)c(Nc2nc(Nc3cc(C)c(C4CCCCN4)cc3OC(C)C)nc3[nH]ncc23)c1. The largest absolute Gasteiger partial charge is 0.489 e. The average molecular weight is 546 g/mol. The van der Waals surface area contributed by atoms with Gasteiger partial charge < -0.3 is 20.7 Å². The molecule has 4 aromatic rings. The van der Waals surface area contributed by atoms with E-state index in [9.17, 15) is 0 Å². The van der Waals surface area contributed by atoms with E-state index >= 15 is 0 Å². The van der Waals surface area contributed by atoms with Crippen molar-refractivity contribution in [2.24, 2.45) is 0 Å². The number of benzene rings is 2. The van der Waals surface area contributed by atoms with Crippen LogP contribution in [0.4, 0.5) is 23.1 Å². The molecule has 0 saturated carbocycles. The lowest BCUT2D eigenvalue weighted by Gasteiger charge is -2.27.